The van der Waals surface area contributed by atoms with Crippen LogP contribution in [0.15, 0.2) is 41.3 Å². The van der Waals surface area contributed by atoms with Crippen molar-refractivity contribution in [2.45, 2.75) is 11.8 Å². The molecule has 0 aromatic heterocycles. The van der Waals surface area contributed by atoms with E-state index in [9.17, 15) is 14.7 Å². The fraction of sp³-hybridized carbons (Fsp3) is 0.222. The summed E-state index contributed by atoms with van der Waals surface area (Å²) in [5.74, 6) is -0.681. The van der Waals surface area contributed by atoms with E-state index in [2.05, 4.69) is 5.32 Å². The largest absolute Gasteiger partial charge is 0.493 e. The van der Waals surface area contributed by atoms with Crippen molar-refractivity contribution in [3.63, 3.8) is 0 Å². The average Bonchev–Trinajstić information content (AvgIpc) is 2.60. The highest BCUT2D eigenvalue weighted by Gasteiger charge is 2.18. The highest BCUT2D eigenvalue weighted by atomic mass is 32.2. The lowest BCUT2D eigenvalue weighted by atomic mass is 10.1. The number of hydrogen-bond donors (Lipinski definition) is 2. The third kappa shape index (κ3) is 4.90. The first kappa shape index (κ1) is 18.7. The molecule has 25 heavy (non-hydrogen) atoms. The van der Waals surface area contributed by atoms with Gasteiger partial charge in [0.2, 0.25) is 5.91 Å². The van der Waals surface area contributed by atoms with Gasteiger partial charge in [-0.25, -0.2) is 4.79 Å². The molecule has 0 fully saturated rings. The Morgan fingerprint density at radius 2 is 1.68 bits per heavy atom. The van der Waals surface area contributed by atoms with E-state index in [1.807, 2.05) is 31.2 Å². The lowest BCUT2D eigenvalue weighted by Gasteiger charge is -2.13. The third-order valence-electron chi connectivity index (χ3n) is 3.42. The summed E-state index contributed by atoms with van der Waals surface area (Å²) in [6.45, 7) is 1.99. The maximum absolute atomic E-state index is 12.2. The number of aryl methyl sites for hydroxylation is 1. The van der Waals surface area contributed by atoms with Gasteiger partial charge in [0.15, 0.2) is 11.5 Å². The van der Waals surface area contributed by atoms with Crippen LogP contribution in [0.1, 0.15) is 15.9 Å². The van der Waals surface area contributed by atoms with Crippen LogP contribution in [0.4, 0.5) is 5.69 Å². The molecule has 0 aliphatic carbocycles. The van der Waals surface area contributed by atoms with E-state index < -0.39 is 5.97 Å². The number of methoxy groups -OCH3 is 2. The molecular weight excluding hydrogens is 342 g/mol. The van der Waals surface area contributed by atoms with E-state index >= 15 is 0 Å². The van der Waals surface area contributed by atoms with Gasteiger partial charge >= 0.3 is 5.97 Å². The highest BCUT2D eigenvalue weighted by Crippen LogP contribution is 2.33. The molecule has 0 aliphatic heterocycles. The zero-order valence-corrected chi connectivity index (χ0v) is 15.0. The summed E-state index contributed by atoms with van der Waals surface area (Å²) in [5, 5.41) is 12.0. The molecule has 0 aliphatic rings. The first-order chi connectivity index (χ1) is 11.9. The summed E-state index contributed by atoms with van der Waals surface area (Å²) in [6, 6.07) is 10.6. The summed E-state index contributed by atoms with van der Waals surface area (Å²) < 4.78 is 10.3. The molecule has 0 atom stereocenters. The van der Waals surface area contributed by atoms with Crippen molar-refractivity contribution in [2.75, 3.05) is 25.3 Å². The molecule has 1 amide bonds. The first-order valence-corrected chi connectivity index (χ1v) is 8.41. The summed E-state index contributed by atoms with van der Waals surface area (Å²) in [6.07, 6.45) is 0. The maximum Gasteiger partial charge on any atom is 0.337 e. The molecule has 0 saturated heterocycles. The van der Waals surface area contributed by atoms with Crippen molar-refractivity contribution >= 4 is 29.3 Å². The number of aromatic carboxylic acids is 1. The minimum Gasteiger partial charge on any atom is -0.493 e. The Hall–Kier alpha value is -2.67. The van der Waals surface area contributed by atoms with E-state index in [4.69, 9.17) is 9.47 Å². The number of carbonyl (C=O) groups is 2. The van der Waals surface area contributed by atoms with Crippen molar-refractivity contribution in [3.8, 4) is 11.5 Å². The third-order valence-corrected chi connectivity index (χ3v) is 4.43. The maximum atomic E-state index is 12.2. The number of carboxylic acid groups (broad SMARTS) is 1. The van der Waals surface area contributed by atoms with Gasteiger partial charge in [-0.1, -0.05) is 17.7 Å². The van der Waals surface area contributed by atoms with Gasteiger partial charge in [0.1, 0.15) is 0 Å². The minimum absolute atomic E-state index is 0.0636. The molecular formula is C18H19NO5S. The number of ether oxygens (including phenoxy) is 2. The molecule has 7 heteroatoms. The van der Waals surface area contributed by atoms with Crippen LogP contribution >= 0.6 is 11.8 Å². The van der Waals surface area contributed by atoms with Crippen molar-refractivity contribution in [3.05, 3.63) is 47.5 Å². The molecule has 132 valence electrons. The van der Waals surface area contributed by atoms with Gasteiger partial charge < -0.3 is 19.9 Å². The smallest absolute Gasteiger partial charge is 0.337 e. The second-order valence-electron chi connectivity index (χ2n) is 5.21. The number of amides is 1. The summed E-state index contributed by atoms with van der Waals surface area (Å²) in [4.78, 5) is 24.6. The summed E-state index contributed by atoms with van der Waals surface area (Å²) in [7, 11) is 2.86. The zero-order chi connectivity index (χ0) is 18.4. The van der Waals surface area contributed by atoms with Gasteiger partial charge in [-0.15, -0.1) is 11.8 Å². The van der Waals surface area contributed by atoms with E-state index in [1.54, 1.807) is 0 Å². The van der Waals surface area contributed by atoms with Gasteiger partial charge in [-0.3, -0.25) is 4.79 Å². The molecule has 0 unspecified atom stereocenters. The zero-order valence-electron chi connectivity index (χ0n) is 14.2. The number of rotatable bonds is 7. The van der Waals surface area contributed by atoms with Crippen LogP contribution in [0.2, 0.25) is 0 Å². The van der Waals surface area contributed by atoms with Crippen LogP contribution in [0.3, 0.4) is 0 Å². The van der Waals surface area contributed by atoms with E-state index in [-0.39, 0.29) is 28.7 Å². The lowest BCUT2D eigenvalue weighted by Crippen LogP contribution is -2.17. The van der Waals surface area contributed by atoms with Crippen LogP contribution in [0.5, 0.6) is 11.5 Å². The fourth-order valence-corrected chi connectivity index (χ4v) is 2.83. The van der Waals surface area contributed by atoms with Crippen LogP contribution in [0, 0.1) is 6.92 Å². The number of thioether (sulfide) groups is 1. The molecule has 6 nitrogen and oxygen atoms in total. The predicted molar refractivity (Wildman–Crippen MR) is 97.0 cm³/mol. The Balaban J connectivity index is 2.13. The molecule has 0 saturated carbocycles. The molecule has 0 spiro atoms. The van der Waals surface area contributed by atoms with Crippen LogP contribution in [-0.2, 0) is 4.79 Å². The van der Waals surface area contributed by atoms with E-state index in [0.717, 1.165) is 10.5 Å². The number of carboxylic acids is 1. The Kier molecular flexibility index (Phi) is 6.30. The summed E-state index contributed by atoms with van der Waals surface area (Å²) >= 11 is 1.37. The lowest BCUT2D eigenvalue weighted by molar-refractivity contribution is -0.113. The SMILES string of the molecule is COc1cc(NC(=O)CSc2ccc(C)cc2)c(C(=O)O)cc1OC. The Bertz CT molecular complexity index is 774. The standard InChI is InChI=1S/C18H19NO5S/c1-11-4-6-12(7-5-11)25-10-17(20)19-14-9-16(24-3)15(23-2)8-13(14)18(21)22/h4-9H,10H2,1-3H3,(H,19,20)(H,21,22). The quantitative estimate of drug-likeness (QED) is 0.735. The summed E-state index contributed by atoms with van der Waals surface area (Å²) in [5.41, 5.74) is 1.25. The van der Waals surface area contributed by atoms with Gasteiger partial charge in [0, 0.05) is 17.0 Å². The van der Waals surface area contributed by atoms with Gasteiger partial charge in [-0.05, 0) is 19.1 Å². The van der Waals surface area contributed by atoms with Crippen molar-refractivity contribution < 1.29 is 24.2 Å². The van der Waals surface area contributed by atoms with Crippen molar-refractivity contribution in [1.29, 1.82) is 0 Å². The molecule has 0 bridgehead atoms. The minimum atomic E-state index is -1.16. The van der Waals surface area contributed by atoms with Gasteiger partial charge in [-0.2, -0.15) is 0 Å². The van der Waals surface area contributed by atoms with Crippen LogP contribution in [-0.4, -0.2) is 37.0 Å². The number of benzene rings is 2. The normalized spacial score (nSPS) is 10.2. The van der Waals surface area contributed by atoms with E-state index in [1.165, 1.54) is 38.1 Å². The van der Waals surface area contributed by atoms with Crippen LogP contribution in [0.25, 0.3) is 0 Å². The Morgan fingerprint density at radius 1 is 1.08 bits per heavy atom. The Morgan fingerprint density at radius 3 is 2.24 bits per heavy atom. The second kappa shape index (κ2) is 8.43. The fourth-order valence-electron chi connectivity index (χ4n) is 2.13. The molecule has 2 N–H and O–H groups in total. The monoisotopic (exact) mass is 361 g/mol. The highest BCUT2D eigenvalue weighted by molar-refractivity contribution is 8.00. The first-order valence-electron chi connectivity index (χ1n) is 7.43. The number of anilines is 1. The van der Waals surface area contributed by atoms with Crippen molar-refractivity contribution in [2.24, 2.45) is 0 Å². The van der Waals surface area contributed by atoms with E-state index in [0.29, 0.717) is 5.75 Å². The molecule has 0 radical (unpaired) electrons. The number of carbonyl (C=O) groups excluding carboxylic acids is 1. The molecule has 2 rings (SSSR count). The predicted octanol–water partition coefficient (Wildman–Crippen LogP) is 3.44. The van der Waals surface area contributed by atoms with Crippen LogP contribution < -0.4 is 14.8 Å². The molecule has 2 aromatic carbocycles. The average molecular weight is 361 g/mol. The second-order valence-corrected chi connectivity index (χ2v) is 6.26. The number of hydrogen-bond acceptors (Lipinski definition) is 5. The number of nitrogens with one attached hydrogen (secondary N) is 1. The van der Waals surface area contributed by atoms with Crippen molar-refractivity contribution in [1.82, 2.24) is 0 Å². The molecule has 2 aromatic rings. The Labute approximate surface area is 150 Å². The topological polar surface area (TPSA) is 84.9 Å². The van der Waals surface area contributed by atoms with Gasteiger partial charge in [0.25, 0.3) is 0 Å². The molecule has 0 heterocycles. The van der Waals surface area contributed by atoms with Gasteiger partial charge in [0.05, 0.1) is 31.2 Å².